The largest absolute Gasteiger partial charge is 0.447 e. The summed E-state index contributed by atoms with van der Waals surface area (Å²) in [6.07, 6.45) is 2.74. The zero-order valence-electron chi connectivity index (χ0n) is 12.3. The van der Waals surface area contributed by atoms with Gasteiger partial charge in [-0.25, -0.2) is 12.7 Å². The first-order valence-electron chi connectivity index (χ1n) is 6.93. The van der Waals surface area contributed by atoms with Gasteiger partial charge in [0.05, 0.1) is 12.6 Å². The highest BCUT2D eigenvalue weighted by molar-refractivity contribution is 7.88. The molecule has 1 atom stereocenters. The van der Waals surface area contributed by atoms with Gasteiger partial charge in [0.25, 0.3) is 10.0 Å². The number of carbonyl (C=O) groups excluding carboxylic acids is 1. The van der Waals surface area contributed by atoms with E-state index in [4.69, 9.17) is 4.42 Å². The van der Waals surface area contributed by atoms with Crippen LogP contribution in [0.5, 0.6) is 0 Å². The van der Waals surface area contributed by atoms with Crippen molar-refractivity contribution in [2.45, 2.75) is 36.9 Å². The highest BCUT2D eigenvalue weighted by atomic mass is 32.2. The van der Waals surface area contributed by atoms with Crippen LogP contribution in [0.3, 0.4) is 0 Å². The van der Waals surface area contributed by atoms with Crippen LogP contribution >= 0.6 is 0 Å². The molecule has 1 fully saturated rings. The van der Waals surface area contributed by atoms with E-state index in [1.165, 1.54) is 20.2 Å². The molecule has 0 aliphatic carbocycles. The highest BCUT2D eigenvalue weighted by Gasteiger charge is 2.23. The maximum absolute atomic E-state index is 11.9. The fourth-order valence-corrected chi connectivity index (χ4v) is 2.94. The molecule has 0 saturated carbocycles. The third-order valence-electron chi connectivity index (χ3n) is 3.43. The lowest BCUT2D eigenvalue weighted by molar-refractivity contribution is -0.122. The molecule has 21 heavy (non-hydrogen) atoms. The van der Waals surface area contributed by atoms with Crippen molar-refractivity contribution in [3.63, 3.8) is 0 Å². The normalized spacial score (nSPS) is 20.3. The Hall–Kier alpha value is -1.38. The number of furan rings is 1. The number of nitrogens with one attached hydrogen (secondary N) is 2. The lowest BCUT2D eigenvalue weighted by atomic mass is 10.1. The smallest absolute Gasteiger partial charge is 0.275 e. The molecule has 118 valence electrons. The van der Waals surface area contributed by atoms with Crippen LogP contribution in [0.15, 0.2) is 21.6 Å². The van der Waals surface area contributed by atoms with Gasteiger partial charge in [-0.3, -0.25) is 10.1 Å². The van der Waals surface area contributed by atoms with E-state index in [2.05, 4.69) is 10.6 Å². The van der Waals surface area contributed by atoms with Gasteiger partial charge in [-0.2, -0.15) is 0 Å². The first-order chi connectivity index (χ1) is 9.91. The predicted octanol–water partition coefficient (Wildman–Crippen LogP) is 0.288. The number of hydrogen-bond donors (Lipinski definition) is 2. The molecule has 1 aromatic rings. The van der Waals surface area contributed by atoms with Crippen LogP contribution in [0.1, 0.15) is 25.0 Å². The van der Waals surface area contributed by atoms with Gasteiger partial charge >= 0.3 is 0 Å². The molecule has 7 nitrogen and oxygen atoms in total. The molecule has 0 radical (unpaired) electrons. The first-order valence-corrected chi connectivity index (χ1v) is 8.37. The Kier molecular flexibility index (Phi) is 5.02. The van der Waals surface area contributed by atoms with E-state index < -0.39 is 10.0 Å². The van der Waals surface area contributed by atoms with E-state index in [1.807, 2.05) is 0 Å². The van der Waals surface area contributed by atoms with Gasteiger partial charge in [0, 0.05) is 20.6 Å². The summed E-state index contributed by atoms with van der Waals surface area (Å²) in [6.45, 7) is 1.03. The SMILES string of the molecule is CN(C)S(=O)(=O)c1ccc(CNC2CCCCNC2=O)o1. The van der Waals surface area contributed by atoms with Crippen LogP contribution in [0.25, 0.3) is 0 Å². The third-order valence-corrected chi connectivity index (χ3v) is 5.12. The van der Waals surface area contributed by atoms with Crippen molar-refractivity contribution in [3.8, 4) is 0 Å². The van der Waals surface area contributed by atoms with Crippen LogP contribution in [0, 0.1) is 0 Å². The molecule has 1 unspecified atom stereocenters. The van der Waals surface area contributed by atoms with E-state index in [9.17, 15) is 13.2 Å². The maximum atomic E-state index is 11.9. The summed E-state index contributed by atoms with van der Waals surface area (Å²) in [5.74, 6) is 0.479. The average Bonchev–Trinajstić information content (AvgIpc) is 2.82. The van der Waals surface area contributed by atoms with Crippen LogP contribution in [0.2, 0.25) is 0 Å². The van der Waals surface area contributed by atoms with Gasteiger partial charge in [0.2, 0.25) is 11.0 Å². The second-order valence-corrected chi connectivity index (χ2v) is 7.31. The molecule has 8 heteroatoms. The van der Waals surface area contributed by atoms with E-state index in [0.29, 0.717) is 18.8 Å². The minimum absolute atomic E-state index is 0.0137. The number of nitrogens with zero attached hydrogens (tertiary/aromatic N) is 1. The Morgan fingerprint density at radius 3 is 2.86 bits per heavy atom. The molecule has 1 aliphatic rings. The molecule has 2 N–H and O–H groups in total. The van der Waals surface area contributed by atoms with E-state index >= 15 is 0 Å². The zero-order valence-corrected chi connectivity index (χ0v) is 13.1. The van der Waals surface area contributed by atoms with Crippen molar-refractivity contribution in [1.82, 2.24) is 14.9 Å². The van der Waals surface area contributed by atoms with Crippen LogP contribution in [0.4, 0.5) is 0 Å². The van der Waals surface area contributed by atoms with Gasteiger partial charge in [-0.1, -0.05) is 0 Å². The Morgan fingerprint density at radius 2 is 2.14 bits per heavy atom. The summed E-state index contributed by atoms with van der Waals surface area (Å²) < 4.78 is 30.2. The minimum Gasteiger partial charge on any atom is -0.447 e. The Balaban J connectivity index is 1.98. The number of amides is 1. The summed E-state index contributed by atoms with van der Waals surface area (Å²) >= 11 is 0. The lowest BCUT2D eigenvalue weighted by Gasteiger charge is -2.14. The van der Waals surface area contributed by atoms with Crippen LogP contribution in [-0.2, 0) is 21.4 Å². The van der Waals surface area contributed by atoms with Gasteiger partial charge in [0.15, 0.2) is 0 Å². The molecule has 1 amide bonds. The average molecular weight is 315 g/mol. The van der Waals surface area contributed by atoms with Gasteiger partial charge in [-0.05, 0) is 31.4 Å². The molecule has 1 saturated heterocycles. The minimum atomic E-state index is -3.56. The standard InChI is InChI=1S/C13H21N3O4S/c1-16(2)21(18,19)12-7-6-10(20-12)9-15-11-5-3-4-8-14-13(11)17/h6-7,11,15H,3-5,8-9H2,1-2H3,(H,14,17). The number of rotatable bonds is 5. The van der Waals surface area contributed by atoms with Crippen molar-refractivity contribution in [1.29, 1.82) is 0 Å². The topological polar surface area (TPSA) is 91.7 Å². The van der Waals surface area contributed by atoms with Crippen molar-refractivity contribution in [2.24, 2.45) is 0 Å². The van der Waals surface area contributed by atoms with Crippen molar-refractivity contribution >= 4 is 15.9 Å². The summed E-state index contributed by atoms with van der Waals surface area (Å²) in [5.41, 5.74) is 0. The van der Waals surface area contributed by atoms with E-state index in [-0.39, 0.29) is 17.0 Å². The first kappa shape index (κ1) is 16.0. The summed E-state index contributed by atoms with van der Waals surface area (Å²) in [5, 5.41) is 5.86. The molecule has 0 aromatic carbocycles. The second kappa shape index (κ2) is 6.59. The second-order valence-electron chi connectivity index (χ2n) is 5.23. The summed E-state index contributed by atoms with van der Waals surface area (Å²) in [6, 6.07) is 2.78. The Bertz CT molecular complexity index is 594. The lowest BCUT2D eigenvalue weighted by Crippen LogP contribution is -2.42. The van der Waals surface area contributed by atoms with Gasteiger partial charge < -0.3 is 9.73 Å². The quantitative estimate of drug-likeness (QED) is 0.815. The van der Waals surface area contributed by atoms with E-state index in [0.717, 1.165) is 23.6 Å². The molecule has 1 aliphatic heterocycles. The fourth-order valence-electron chi connectivity index (χ4n) is 2.13. The molecule has 0 bridgehead atoms. The van der Waals surface area contributed by atoms with E-state index in [1.54, 1.807) is 6.07 Å². The Morgan fingerprint density at radius 1 is 1.38 bits per heavy atom. The van der Waals surface area contributed by atoms with Gasteiger partial charge in [0.1, 0.15) is 5.76 Å². The number of carbonyl (C=O) groups is 1. The molecule has 2 rings (SSSR count). The number of hydrogen-bond acceptors (Lipinski definition) is 5. The van der Waals surface area contributed by atoms with Crippen molar-refractivity contribution in [2.75, 3.05) is 20.6 Å². The van der Waals surface area contributed by atoms with Crippen molar-refractivity contribution < 1.29 is 17.6 Å². The summed E-state index contributed by atoms with van der Waals surface area (Å²) in [7, 11) is -0.656. The third kappa shape index (κ3) is 3.84. The van der Waals surface area contributed by atoms with Crippen LogP contribution < -0.4 is 10.6 Å². The summed E-state index contributed by atoms with van der Waals surface area (Å²) in [4.78, 5) is 11.8. The molecule has 0 spiro atoms. The number of sulfonamides is 1. The van der Waals surface area contributed by atoms with Gasteiger partial charge in [-0.15, -0.1) is 0 Å². The molecular formula is C13H21N3O4S. The molecule has 2 heterocycles. The monoisotopic (exact) mass is 315 g/mol. The van der Waals surface area contributed by atoms with Crippen LogP contribution in [-0.4, -0.2) is 45.3 Å². The fraction of sp³-hybridized carbons (Fsp3) is 0.615. The Labute approximate surface area is 124 Å². The van der Waals surface area contributed by atoms with Crippen molar-refractivity contribution in [3.05, 3.63) is 17.9 Å². The predicted molar refractivity (Wildman–Crippen MR) is 77.1 cm³/mol. The molecule has 1 aromatic heterocycles. The zero-order chi connectivity index (χ0) is 15.5. The maximum Gasteiger partial charge on any atom is 0.275 e. The molecular weight excluding hydrogens is 294 g/mol. The highest BCUT2D eigenvalue weighted by Crippen LogP contribution is 2.17.